The standard InChI is InChI=1S/C10H16O2/c1-2-9(11)7-8-5-3-4-6-10(8)12/h8H,2-7H2,1H3. The molecule has 2 nitrogen and oxygen atoms in total. The van der Waals surface area contributed by atoms with E-state index in [0.717, 1.165) is 19.3 Å². The zero-order valence-electron chi connectivity index (χ0n) is 7.64. The second-order valence-electron chi connectivity index (χ2n) is 3.51. The van der Waals surface area contributed by atoms with E-state index in [1.54, 1.807) is 0 Å². The first-order valence-corrected chi connectivity index (χ1v) is 4.78. The predicted molar refractivity (Wildman–Crippen MR) is 46.9 cm³/mol. The Balaban J connectivity index is 2.39. The van der Waals surface area contributed by atoms with Crippen LogP contribution in [0.4, 0.5) is 0 Å². The summed E-state index contributed by atoms with van der Waals surface area (Å²) in [6.45, 7) is 1.86. The van der Waals surface area contributed by atoms with E-state index >= 15 is 0 Å². The molecule has 1 atom stereocenters. The largest absolute Gasteiger partial charge is 0.300 e. The Hall–Kier alpha value is -0.660. The van der Waals surface area contributed by atoms with Gasteiger partial charge in [0, 0.05) is 25.2 Å². The molecule has 1 saturated carbocycles. The first-order valence-electron chi connectivity index (χ1n) is 4.78. The van der Waals surface area contributed by atoms with Crippen molar-refractivity contribution in [3.63, 3.8) is 0 Å². The Morgan fingerprint density at radius 1 is 1.50 bits per heavy atom. The van der Waals surface area contributed by atoms with Gasteiger partial charge in [0.05, 0.1) is 0 Å². The van der Waals surface area contributed by atoms with Crippen LogP contribution in [0.25, 0.3) is 0 Å². The molecule has 12 heavy (non-hydrogen) atoms. The van der Waals surface area contributed by atoms with E-state index in [-0.39, 0.29) is 11.7 Å². The number of ketones is 2. The molecule has 1 aliphatic rings. The number of carbonyl (C=O) groups excluding carboxylic acids is 2. The summed E-state index contributed by atoms with van der Waals surface area (Å²) < 4.78 is 0. The summed E-state index contributed by atoms with van der Waals surface area (Å²) in [6.07, 6.45) is 4.84. The van der Waals surface area contributed by atoms with E-state index in [1.807, 2.05) is 6.92 Å². The third kappa shape index (κ3) is 2.43. The Kier molecular flexibility index (Phi) is 3.45. The van der Waals surface area contributed by atoms with Crippen LogP contribution >= 0.6 is 0 Å². The molecule has 2 heteroatoms. The van der Waals surface area contributed by atoms with Gasteiger partial charge in [0.15, 0.2) is 0 Å². The SMILES string of the molecule is CCC(=O)CC1CCCCC1=O. The van der Waals surface area contributed by atoms with Gasteiger partial charge in [-0.2, -0.15) is 0 Å². The maximum Gasteiger partial charge on any atom is 0.136 e. The van der Waals surface area contributed by atoms with Crippen LogP contribution in [-0.2, 0) is 9.59 Å². The summed E-state index contributed by atoms with van der Waals surface area (Å²) in [5, 5.41) is 0. The lowest BCUT2D eigenvalue weighted by Gasteiger charge is -2.19. The van der Waals surface area contributed by atoms with Crippen LogP contribution in [0.15, 0.2) is 0 Å². The summed E-state index contributed by atoms with van der Waals surface area (Å²) in [5.41, 5.74) is 0. The summed E-state index contributed by atoms with van der Waals surface area (Å²) >= 11 is 0. The van der Waals surface area contributed by atoms with Gasteiger partial charge >= 0.3 is 0 Å². The second kappa shape index (κ2) is 4.39. The molecule has 0 radical (unpaired) electrons. The third-order valence-corrected chi connectivity index (χ3v) is 2.55. The highest BCUT2D eigenvalue weighted by atomic mass is 16.1. The first-order chi connectivity index (χ1) is 5.74. The lowest BCUT2D eigenvalue weighted by molar-refractivity contribution is -0.129. The Morgan fingerprint density at radius 3 is 2.83 bits per heavy atom. The highest BCUT2D eigenvalue weighted by molar-refractivity contribution is 5.88. The molecule has 1 rings (SSSR count). The van der Waals surface area contributed by atoms with Crippen molar-refractivity contribution < 1.29 is 9.59 Å². The fourth-order valence-electron chi connectivity index (χ4n) is 1.69. The predicted octanol–water partition coefficient (Wildman–Crippen LogP) is 2.11. The van der Waals surface area contributed by atoms with Crippen molar-refractivity contribution in [3.05, 3.63) is 0 Å². The number of rotatable bonds is 3. The molecule has 1 fully saturated rings. The zero-order valence-corrected chi connectivity index (χ0v) is 7.64. The van der Waals surface area contributed by atoms with Crippen LogP contribution in [0.1, 0.15) is 45.4 Å². The van der Waals surface area contributed by atoms with Crippen molar-refractivity contribution in [2.24, 2.45) is 5.92 Å². The summed E-state index contributed by atoms with van der Waals surface area (Å²) in [6, 6.07) is 0. The van der Waals surface area contributed by atoms with Gasteiger partial charge in [-0.3, -0.25) is 9.59 Å². The number of carbonyl (C=O) groups is 2. The smallest absolute Gasteiger partial charge is 0.136 e. The van der Waals surface area contributed by atoms with Crippen molar-refractivity contribution in [2.45, 2.75) is 45.4 Å². The molecule has 1 aliphatic carbocycles. The molecule has 1 unspecified atom stereocenters. The van der Waals surface area contributed by atoms with Gasteiger partial charge in [0.1, 0.15) is 11.6 Å². The molecule has 0 aromatic heterocycles. The average Bonchev–Trinajstić information content (AvgIpc) is 2.09. The van der Waals surface area contributed by atoms with Crippen molar-refractivity contribution in [1.82, 2.24) is 0 Å². The van der Waals surface area contributed by atoms with Crippen LogP contribution in [0.2, 0.25) is 0 Å². The molecule has 0 bridgehead atoms. The second-order valence-corrected chi connectivity index (χ2v) is 3.51. The number of hydrogen-bond acceptors (Lipinski definition) is 2. The van der Waals surface area contributed by atoms with Crippen molar-refractivity contribution in [3.8, 4) is 0 Å². The van der Waals surface area contributed by atoms with E-state index in [2.05, 4.69) is 0 Å². The Morgan fingerprint density at radius 2 is 2.25 bits per heavy atom. The van der Waals surface area contributed by atoms with Gasteiger partial charge in [-0.15, -0.1) is 0 Å². The van der Waals surface area contributed by atoms with Crippen LogP contribution in [0, 0.1) is 5.92 Å². The summed E-state index contributed by atoms with van der Waals surface area (Å²) in [7, 11) is 0. The zero-order chi connectivity index (χ0) is 8.97. The Bertz CT molecular complexity index is 184. The van der Waals surface area contributed by atoms with Crippen molar-refractivity contribution >= 4 is 11.6 Å². The highest BCUT2D eigenvalue weighted by Gasteiger charge is 2.23. The average molecular weight is 168 g/mol. The Labute approximate surface area is 73.3 Å². The van der Waals surface area contributed by atoms with E-state index < -0.39 is 0 Å². The monoisotopic (exact) mass is 168 g/mol. The van der Waals surface area contributed by atoms with E-state index in [4.69, 9.17) is 0 Å². The normalized spacial score (nSPS) is 24.1. The minimum absolute atomic E-state index is 0.0613. The van der Waals surface area contributed by atoms with Gasteiger partial charge in [0.25, 0.3) is 0 Å². The highest BCUT2D eigenvalue weighted by Crippen LogP contribution is 2.23. The van der Waals surface area contributed by atoms with Gasteiger partial charge in [-0.1, -0.05) is 13.3 Å². The van der Waals surface area contributed by atoms with Crippen LogP contribution < -0.4 is 0 Å². The van der Waals surface area contributed by atoms with Gasteiger partial charge < -0.3 is 0 Å². The van der Waals surface area contributed by atoms with E-state index in [9.17, 15) is 9.59 Å². The molecule has 0 aromatic carbocycles. The molecule has 0 aliphatic heterocycles. The van der Waals surface area contributed by atoms with Gasteiger partial charge in [-0.05, 0) is 12.8 Å². The lowest BCUT2D eigenvalue weighted by Crippen LogP contribution is -2.21. The van der Waals surface area contributed by atoms with E-state index in [1.165, 1.54) is 0 Å². The first kappa shape index (κ1) is 9.43. The third-order valence-electron chi connectivity index (χ3n) is 2.55. The summed E-state index contributed by atoms with van der Waals surface area (Å²) in [4.78, 5) is 22.4. The molecule has 0 saturated heterocycles. The minimum atomic E-state index is 0.0613. The van der Waals surface area contributed by atoms with Gasteiger partial charge in [0.2, 0.25) is 0 Å². The quantitative estimate of drug-likeness (QED) is 0.646. The fraction of sp³-hybridized carbons (Fsp3) is 0.800. The molecular weight excluding hydrogens is 152 g/mol. The topological polar surface area (TPSA) is 34.1 Å². The van der Waals surface area contributed by atoms with Gasteiger partial charge in [-0.25, -0.2) is 0 Å². The van der Waals surface area contributed by atoms with Crippen molar-refractivity contribution in [1.29, 1.82) is 0 Å². The number of Topliss-reactive ketones (excluding diaryl/α,β-unsaturated/α-hetero) is 2. The maximum absolute atomic E-state index is 11.3. The van der Waals surface area contributed by atoms with Crippen LogP contribution in [0.3, 0.4) is 0 Å². The molecular formula is C10H16O2. The summed E-state index contributed by atoms with van der Waals surface area (Å²) in [5.74, 6) is 0.601. The lowest BCUT2D eigenvalue weighted by atomic mass is 9.84. The fourth-order valence-corrected chi connectivity index (χ4v) is 1.69. The number of hydrogen-bond donors (Lipinski definition) is 0. The van der Waals surface area contributed by atoms with Crippen molar-refractivity contribution in [2.75, 3.05) is 0 Å². The molecule has 0 heterocycles. The maximum atomic E-state index is 11.3. The molecule has 68 valence electrons. The minimum Gasteiger partial charge on any atom is -0.300 e. The van der Waals surface area contributed by atoms with E-state index in [0.29, 0.717) is 25.0 Å². The molecule has 0 aromatic rings. The molecule has 0 spiro atoms. The van der Waals surface area contributed by atoms with Crippen LogP contribution in [-0.4, -0.2) is 11.6 Å². The molecule has 0 amide bonds. The van der Waals surface area contributed by atoms with Crippen LogP contribution in [0.5, 0.6) is 0 Å². The molecule has 0 N–H and O–H groups in total.